The van der Waals surface area contributed by atoms with Gasteiger partial charge in [-0.1, -0.05) is 0 Å². The van der Waals surface area contributed by atoms with Crippen LogP contribution < -0.4 is 15.0 Å². The minimum Gasteiger partial charge on any atom is -0.451 e. The molecule has 0 spiro atoms. The van der Waals surface area contributed by atoms with E-state index < -0.39 is 5.82 Å². The molecule has 1 saturated heterocycles. The summed E-state index contributed by atoms with van der Waals surface area (Å²) in [5.74, 6) is 0.312. The standard InChI is InChI=1S/C21H23FN4O4/c1-28-21-11-20(12-21,13-21)18(27)25-14-2-3-17(16(22)8-14)30-15-9-23-19(24-10-15)26-4-6-29-7-5-26/h2-3,8-10H,4-7,11-13H2,1H3,(H,25,27). The van der Waals surface area contributed by atoms with Gasteiger partial charge in [0.25, 0.3) is 0 Å². The molecular weight excluding hydrogens is 391 g/mol. The third-order valence-corrected chi connectivity index (χ3v) is 6.22. The van der Waals surface area contributed by atoms with Crippen LogP contribution in [0.5, 0.6) is 11.5 Å². The van der Waals surface area contributed by atoms with Crippen molar-refractivity contribution in [1.29, 1.82) is 0 Å². The van der Waals surface area contributed by atoms with Gasteiger partial charge in [-0.2, -0.15) is 0 Å². The molecule has 1 amide bonds. The average molecular weight is 414 g/mol. The highest BCUT2D eigenvalue weighted by atomic mass is 19.1. The number of methoxy groups -OCH3 is 1. The van der Waals surface area contributed by atoms with Crippen LogP contribution in [0.1, 0.15) is 19.3 Å². The lowest BCUT2D eigenvalue weighted by atomic mass is 9.40. The molecule has 2 heterocycles. The largest absolute Gasteiger partial charge is 0.451 e. The van der Waals surface area contributed by atoms with E-state index in [4.69, 9.17) is 14.2 Å². The Bertz CT molecular complexity index is 942. The molecule has 8 nitrogen and oxygen atoms in total. The van der Waals surface area contributed by atoms with Crippen LogP contribution in [0.3, 0.4) is 0 Å². The fourth-order valence-electron chi connectivity index (χ4n) is 4.49. The summed E-state index contributed by atoms with van der Waals surface area (Å²) in [6, 6.07) is 4.37. The molecule has 158 valence electrons. The number of morpholine rings is 1. The van der Waals surface area contributed by atoms with Gasteiger partial charge in [0.05, 0.1) is 36.6 Å². The van der Waals surface area contributed by atoms with Gasteiger partial charge in [-0.25, -0.2) is 14.4 Å². The van der Waals surface area contributed by atoms with Crippen molar-refractivity contribution in [3.63, 3.8) is 0 Å². The fraction of sp³-hybridized carbons (Fsp3) is 0.476. The number of nitrogens with one attached hydrogen (secondary N) is 1. The third kappa shape index (κ3) is 3.27. The van der Waals surface area contributed by atoms with Gasteiger partial charge < -0.3 is 24.4 Å². The van der Waals surface area contributed by atoms with E-state index in [9.17, 15) is 9.18 Å². The number of nitrogens with zero attached hydrogens (tertiary/aromatic N) is 3. The molecule has 0 unspecified atom stereocenters. The van der Waals surface area contributed by atoms with Crippen LogP contribution in [0.2, 0.25) is 0 Å². The first-order valence-corrected chi connectivity index (χ1v) is 10.00. The molecule has 2 bridgehead atoms. The molecule has 0 atom stereocenters. The maximum absolute atomic E-state index is 14.5. The molecule has 30 heavy (non-hydrogen) atoms. The van der Waals surface area contributed by atoms with Gasteiger partial charge in [0.2, 0.25) is 11.9 Å². The maximum atomic E-state index is 14.5. The monoisotopic (exact) mass is 414 g/mol. The predicted octanol–water partition coefficient (Wildman–Crippen LogP) is 2.75. The molecule has 1 aliphatic heterocycles. The Morgan fingerprint density at radius 2 is 1.90 bits per heavy atom. The predicted molar refractivity (Wildman–Crippen MR) is 106 cm³/mol. The Morgan fingerprint density at radius 1 is 1.20 bits per heavy atom. The van der Waals surface area contributed by atoms with Gasteiger partial charge >= 0.3 is 0 Å². The van der Waals surface area contributed by atoms with Crippen molar-refractivity contribution in [2.45, 2.75) is 24.9 Å². The molecular formula is C21H23FN4O4. The highest BCUT2D eigenvalue weighted by Gasteiger charge is 2.72. The summed E-state index contributed by atoms with van der Waals surface area (Å²) in [5.41, 5.74) is -0.0686. The minimum atomic E-state index is -0.573. The summed E-state index contributed by atoms with van der Waals surface area (Å²) in [4.78, 5) is 23.1. The Balaban J connectivity index is 1.20. The topological polar surface area (TPSA) is 85.8 Å². The summed E-state index contributed by atoms with van der Waals surface area (Å²) in [5, 5.41) is 2.81. The zero-order valence-electron chi connectivity index (χ0n) is 16.7. The first-order valence-electron chi connectivity index (χ1n) is 10.00. The van der Waals surface area contributed by atoms with E-state index in [-0.39, 0.29) is 22.7 Å². The highest BCUT2D eigenvalue weighted by molar-refractivity contribution is 5.98. The quantitative estimate of drug-likeness (QED) is 0.778. The lowest BCUT2D eigenvalue weighted by Gasteiger charge is -2.67. The van der Waals surface area contributed by atoms with Crippen molar-refractivity contribution in [2.24, 2.45) is 5.41 Å². The first-order chi connectivity index (χ1) is 14.5. The van der Waals surface area contributed by atoms with Crippen molar-refractivity contribution < 1.29 is 23.4 Å². The smallest absolute Gasteiger partial charge is 0.230 e. The van der Waals surface area contributed by atoms with Gasteiger partial charge in [0.1, 0.15) is 0 Å². The number of amides is 1. The van der Waals surface area contributed by atoms with E-state index in [0.29, 0.717) is 30.6 Å². The van der Waals surface area contributed by atoms with Gasteiger partial charge in [0, 0.05) is 32.0 Å². The van der Waals surface area contributed by atoms with E-state index in [1.165, 1.54) is 24.5 Å². The van der Waals surface area contributed by atoms with Crippen LogP contribution >= 0.6 is 0 Å². The molecule has 9 heteroatoms. The Labute approximate surface area is 173 Å². The van der Waals surface area contributed by atoms with Crippen LogP contribution in [-0.4, -0.2) is 54.9 Å². The van der Waals surface area contributed by atoms with Crippen molar-refractivity contribution in [1.82, 2.24) is 9.97 Å². The van der Waals surface area contributed by atoms with E-state index in [0.717, 1.165) is 32.4 Å². The van der Waals surface area contributed by atoms with Crippen molar-refractivity contribution in [3.8, 4) is 11.5 Å². The van der Waals surface area contributed by atoms with Crippen LogP contribution in [0.25, 0.3) is 0 Å². The van der Waals surface area contributed by atoms with E-state index in [1.807, 2.05) is 4.90 Å². The highest BCUT2D eigenvalue weighted by Crippen LogP contribution is 2.69. The van der Waals surface area contributed by atoms with Gasteiger partial charge in [0.15, 0.2) is 17.3 Å². The molecule has 1 aromatic carbocycles. The van der Waals surface area contributed by atoms with Gasteiger partial charge in [-0.05, 0) is 31.4 Å². The lowest BCUT2D eigenvalue weighted by Crippen LogP contribution is -2.72. The Morgan fingerprint density at radius 3 is 2.53 bits per heavy atom. The zero-order chi connectivity index (χ0) is 20.8. The summed E-state index contributed by atoms with van der Waals surface area (Å²) < 4.78 is 30.8. The summed E-state index contributed by atoms with van der Waals surface area (Å²) >= 11 is 0. The van der Waals surface area contributed by atoms with E-state index >= 15 is 0 Å². The number of carbonyl (C=O) groups excluding carboxylic acids is 1. The molecule has 3 aliphatic carbocycles. The van der Waals surface area contributed by atoms with Crippen LogP contribution in [-0.2, 0) is 14.3 Å². The van der Waals surface area contributed by atoms with Crippen molar-refractivity contribution in [3.05, 3.63) is 36.4 Å². The van der Waals surface area contributed by atoms with E-state index in [1.54, 1.807) is 13.2 Å². The summed E-state index contributed by atoms with van der Waals surface area (Å²) in [7, 11) is 1.68. The summed E-state index contributed by atoms with van der Waals surface area (Å²) in [6.45, 7) is 2.75. The first kappa shape index (κ1) is 19.2. The third-order valence-electron chi connectivity index (χ3n) is 6.22. The second-order valence-electron chi connectivity index (χ2n) is 8.22. The summed E-state index contributed by atoms with van der Waals surface area (Å²) in [6.07, 6.45) is 5.22. The number of hydrogen-bond acceptors (Lipinski definition) is 7. The number of anilines is 2. The number of ether oxygens (including phenoxy) is 3. The Kier molecular flexibility index (Phi) is 4.59. The number of benzene rings is 1. The molecule has 4 aliphatic rings. The Hall–Kier alpha value is -2.78. The van der Waals surface area contributed by atoms with Crippen molar-refractivity contribution >= 4 is 17.5 Å². The van der Waals surface area contributed by atoms with Gasteiger partial charge in [-0.15, -0.1) is 0 Å². The SMILES string of the molecule is COC12CC(C(=O)Nc3ccc(Oc4cnc(N5CCOCC5)nc4)c(F)c3)(C1)C2. The molecule has 3 saturated carbocycles. The number of carbonyl (C=O) groups is 1. The van der Waals surface area contributed by atoms with Crippen LogP contribution in [0.15, 0.2) is 30.6 Å². The van der Waals surface area contributed by atoms with Crippen molar-refractivity contribution in [2.75, 3.05) is 43.6 Å². The van der Waals surface area contributed by atoms with Gasteiger partial charge in [-0.3, -0.25) is 4.79 Å². The fourth-order valence-corrected chi connectivity index (χ4v) is 4.49. The number of rotatable bonds is 6. The minimum absolute atomic E-state index is 0.0413. The molecule has 2 aromatic rings. The molecule has 6 rings (SSSR count). The second-order valence-corrected chi connectivity index (χ2v) is 8.22. The normalized spacial score (nSPS) is 27.1. The number of aromatic nitrogens is 2. The molecule has 0 radical (unpaired) electrons. The molecule has 4 fully saturated rings. The average Bonchev–Trinajstić information content (AvgIpc) is 2.70. The zero-order valence-corrected chi connectivity index (χ0v) is 16.7. The number of halogens is 1. The lowest BCUT2D eigenvalue weighted by molar-refractivity contribution is -0.260. The van der Waals surface area contributed by atoms with Crippen LogP contribution in [0.4, 0.5) is 16.0 Å². The second kappa shape index (κ2) is 7.17. The van der Waals surface area contributed by atoms with E-state index in [2.05, 4.69) is 15.3 Å². The number of hydrogen-bond donors (Lipinski definition) is 1. The molecule has 1 N–H and O–H groups in total. The van der Waals surface area contributed by atoms with Crippen LogP contribution in [0, 0.1) is 11.2 Å². The maximum Gasteiger partial charge on any atom is 0.230 e. The molecule has 1 aromatic heterocycles.